The van der Waals surface area contributed by atoms with E-state index in [9.17, 15) is 13.2 Å². The molecule has 122 valence electrons. The molecule has 0 saturated carbocycles. The number of hydrogen-bond acceptors (Lipinski definition) is 3. The minimum absolute atomic E-state index is 0. The van der Waals surface area contributed by atoms with Crippen molar-refractivity contribution >= 4 is 16.0 Å². The van der Waals surface area contributed by atoms with Crippen LogP contribution in [0.1, 0.15) is 50.9 Å². The molecule has 0 rings (SSSR count). The third-order valence-corrected chi connectivity index (χ3v) is 2.50. The Bertz CT molecular complexity index is 335. The smallest absolute Gasteiger partial charge is 1.00 e. The van der Waals surface area contributed by atoms with Crippen LogP contribution in [0.15, 0.2) is 12.2 Å². The summed E-state index contributed by atoms with van der Waals surface area (Å²) in [6, 6.07) is 0. The number of amides is 1. The molecule has 0 unspecified atom stereocenters. The van der Waals surface area contributed by atoms with Crippen LogP contribution in [0.2, 0.25) is 0 Å². The number of carbonyl (C=O) groups is 1. The van der Waals surface area contributed by atoms with Crippen LogP contribution in [0.3, 0.4) is 0 Å². The van der Waals surface area contributed by atoms with Gasteiger partial charge in [-0.25, -0.2) is 0 Å². The predicted octanol–water partition coefficient (Wildman–Crippen LogP) is 0.350. The Labute approximate surface area is 150 Å². The van der Waals surface area contributed by atoms with Crippen LogP contribution >= 0.6 is 0 Å². The molecule has 0 heterocycles. The first kappa shape index (κ1) is 36.9. The Morgan fingerprint density at radius 1 is 1.20 bits per heavy atom. The molecular formula is C13H34NNaO4S. The summed E-state index contributed by atoms with van der Waals surface area (Å²) in [4.78, 5) is 12.6. The maximum absolute atomic E-state index is 11.3. The number of nitrogens with zero attached hydrogens (tertiary/aromatic N) is 1. The summed E-state index contributed by atoms with van der Waals surface area (Å²) in [5.41, 5.74) is 0. The van der Waals surface area contributed by atoms with Crippen molar-refractivity contribution in [1.29, 1.82) is 0 Å². The molecule has 0 aromatic carbocycles. The molecule has 1 N–H and O–H groups in total. The van der Waals surface area contributed by atoms with Crippen molar-refractivity contribution in [3.05, 3.63) is 12.2 Å². The monoisotopic (exact) mass is 323 g/mol. The number of allylic oxidation sites excluding steroid dienone is 1. The van der Waals surface area contributed by atoms with Crippen molar-refractivity contribution in [2.45, 2.75) is 49.5 Å². The van der Waals surface area contributed by atoms with E-state index < -0.39 is 15.9 Å². The molecule has 0 aliphatic rings. The van der Waals surface area contributed by atoms with Crippen molar-refractivity contribution in [2.75, 3.05) is 19.3 Å². The molecule has 20 heavy (non-hydrogen) atoms. The SMILES string of the molecule is C.C.C.C.CCC=CCC(=O)N(C)CCS(=O)(=O)O.[H-].[Na+]. The zero-order chi connectivity index (χ0) is 11.9. The molecule has 7 heteroatoms. The van der Waals surface area contributed by atoms with Crippen LogP contribution in [0.25, 0.3) is 0 Å². The second-order valence-electron chi connectivity index (χ2n) is 3.19. The van der Waals surface area contributed by atoms with E-state index in [1.807, 2.05) is 13.0 Å². The van der Waals surface area contributed by atoms with E-state index in [0.717, 1.165) is 6.42 Å². The van der Waals surface area contributed by atoms with Crippen molar-refractivity contribution in [1.82, 2.24) is 4.90 Å². The molecule has 0 bridgehead atoms. The van der Waals surface area contributed by atoms with Crippen molar-refractivity contribution in [2.24, 2.45) is 0 Å². The summed E-state index contributed by atoms with van der Waals surface area (Å²) in [6.45, 7) is 1.97. The van der Waals surface area contributed by atoms with E-state index in [1.54, 1.807) is 6.08 Å². The van der Waals surface area contributed by atoms with Gasteiger partial charge in [-0.2, -0.15) is 8.42 Å². The van der Waals surface area contributed by atoms with E-state index in [1.165, 1.54) is 11.9 Å². The Morgan fingerprint density at radius 3 is 2.00 bits per heavy atom. The largest absolute Gasteiger partial charge is 1.00 e. The van der Waals surface area contributed by atoms with Crippen LogP contribution in [-0.4, -0.2) is 43.1 Å². The van der Waals surface area contributed by atoms with E-state index in [2.05, 4.69) is 0 Å². The van der Waals surface area contributed by atoms with Crippen LogP contribution in [0.4, 0.5) is 0 Å². The van der Waals surface area contributed by atoms with E-state index in [0.29, 0.717) is 0 Å². The van der Waals surface area contributed by atoms with Crippen molar-refractivity contribution in [3.8, 4) is 0 Å². The van der Waals surface area contributed by atoms with Gasteiger partial charge in [0.25, 0.3) is 10.1 Å². The molecule has 0 aliphatic heterocycles. The zero-order valence-electron chi connectivity index (χ0n) is 11.0. The van der Waals surface area contributed by atoms with Gasteiger partial charge in [0.15, 0.2) is 0 Å². The fourth-order valence-corrected chi connectivity index (χ4v) is 1.39. The summed E-state index contributed by atoms with van der Waals surface area (Å²) in [5.74, 6) is -0.587. The number of hydrogen-bond donors (Lipinski definition) is 1. The number of rotatable bonds is 6. The first-order valence-electron chi connectivity index (χ1n) is 4.71. The van der Waals surface area contributed by atoms with Gasteiger partial charge in [0, 0.05) is 20.0 Å². The summed E-state index contributed by atoms with van der Waals surface area (Å²) in [7, 11) is -2.48. The van der Waals surface area contributed by atoms with Crippen LogP contribution in [0, 0.1) is 0 Å². The molecule has 0 saturated heterocycles. The van der Waals surface area contributed by atoms with E-state index in [4.69, 9.17) is 4.55 Å². The fourth-order valence-electron chi connectivity index (χ4n) is 0.884. The summed E-state index contributed by atoms with van der Waals surface area (Å²) >= 11 is 0. The molecular weight excluding hydrogens is 289 g/mol. The summed E-state index contributed by atoms with van der Waals surface area (Å²) < 4.78 is 29.3. The zero-order valence-corrected chi connectivity index (χ0v) is 12.8. The Morgan fingerprint density at radius 2 is 1.65 bits per heavy atom. The van der Waals surface area contributed by atoms with Crippen LogP contribution in [-0.2, 0) is 14.9 Å². The Kier molecular flexibility index (Phi) is 35.3. The van der Waals surface area contributed by atoms with Crippen LogP contribution in [0.5, 0.6) is 0 Å². The number of carbonyl (C=O) groups excluding carboxylic acids is 1. The molecule has 0 aromatic rings. The van der Waals surface area contributed by atoms with Crippen molar-refractivity contribution < 1.29 is 48.7 Å². The fraction of sp³-hybridized carbons (Fsp3) is 0.769. The molecule has 0 aliphatic carbocycles. The van der Waals surface area contributed by atoms with Crippen molar-refractivity contribution in [3.63, 3.8) is 0 Å². The summed E-state index contributed by atoms with van der Waals surface area (Å²) in [5, 5.41) is 0. The second kappa shape index (κ2) is 19.1. The average Bonchev–Trinajstić information content (AvgIpc) is 2.13. The second-order valence-corrected chi connectivity index (χ2v) is 4.76. The quantitative estimate of drug-likeness (QED) is 0.435. The van der Waals surface area contributed by atoms with Gasteiger partial charge in [0.1, 0.15) is 0 Å². The maximum Gasteiger partial charge on any atom is 1.00 e. The molecule has 0 radical (unpaired) electrons. The van der Waals surface area contributed by atoms with Gasteiger partial charge in [0.2, 0.25) is 5.91 Å². The predicted molar refractivity (Wildman–Crippen MR) is 86.1 cm³/mol. The van der Waals surface area contributed by atoms with Gasteiger partial charge < -0.3 is 6.33 Å². The Hall–Kier alpha value is 0.120. The van der Waals surface area contributed by atoms with Gasteiger partial charge in [-0.15, -0.1) is 0 Å². The van der Waals surface area contributed by atoms with Gasteiger partial charge >= 0.3 is 29.6 Å². The van der Waals surface area contributed by atoms with E-state index >= 15 is 0 Å². The first-order valence-corrected chi connectivity index (χ1v) is 6.32. The third-order valence-electron chi connectivity index (χ3n) is 1.81. The first-order chi connectivity index (χ1) is 6.87. The van der Waals surface area contributed by atoms with Gasteiger partial charge in [0.05, 0.1) is 5.75 Å². The van der Waals surface area contributed by atoms with Gasteiger partial charge in [-0.3, -0.25) is 9.35 Å². The standard InChI is InChI=1S/C9H17NO4S.4CH4.Na.H/c1-3-4-5-6-9(11)10(2)7-8-15(12,13)14;;;;;;/h4-5H,3,6-8H2,1-2H3,(H,12,13,14);4*1H4;;/q;;;;;+1;-1. The molecule has 0 fully saturated rings. The van der Waals surface area contributed by atoms with Crippen LogP contribution < -0.4 is 29.6 Å². The van der Waals surface area contributed by atoms with Gasteiger partial charge in [-0.1, -0.05) is 48.8 Å². The minimum Gasteiger partial charge on any atom is -1.00 e. The topological polar surface area (TPSA) is 74.7 Å². The molecule has 0 aromatic heterocycles. The average molecular weight is 323 g/mol. The Balaban J connectivity index is -0.0000000653. The molecule has 5 nitrogen and oxygen atoms in total. The summed E-state index contributed by atoms with van der Waals surface area (Å²) in [6.07, 6.45) is 4.73. The minimum atomic E-state index is -3.99. The van der Waals surface area contributed by atoms with Gasteiger partial charge in [-0.05, 0) is 6.42 Å². The third kappa shape index (κ3) is 23.2. The van der Waals surface area contributed by atoms with E-state index in [-0.39, 0.29) is 79.6 Å². The molecule has 0 atom stereocenters. The normalized spacial score (nSPS) is 8.95. The maximum atomic E-state index is 11.3. The molecule has 1 amide bonds. The molecule has 0 spiro atoms.